The third-order valence-corrected chi connectivity index (χ3v) is 4.23. The molecule has 0 saturated carbocycles. The monoisotopic (exact) mass is 274 g/mol. The van der Waals surface area contributed by atoms with Gasteiger partial charge in [-0.2, -0.15) is 0 Å². The Morgan fingerprint density at radius 3 is 2.20 bits per heavy atom. The average Bonchev–Trinajstić information content (AvgIpc) is 2.15. The lowest BCUT2D eigenvalue weighted by molar-refractivity contribution is 1.41. The summed E-state index contributed by atoms with van der Waals surface area (Å²) in [6, 6.07) is 12.4. The fourth-order valence-electron chi connectivity index (χ4n) is 1.58. The second kappa shape index (κ2) is 4.34. The summed E-state index contributed by atoms with van der Waals surface area (Å²) in [6.45, 7) is 0. The van der Waals surface area contributed by atoms with Crippen molar-refractivity contribution < 1.29 is 0 Å². The van der Waals surface area contributed by atoms with Gasteiger partial charge in [-0.25, -0.2) is 0 Å². The van der Waals surface area contributed by atoms with E-state index in [1.165, 1.54) is 10.8 Å². The first-order valence-corrected chi connectivity index (χ1v) is 9.83. The second-order valence-electron chi connectivity index (χ2n) is 3.47. The summed E-state index contributed by atoms with van der Waals surface area (Å²) < 4.78 is 0. The first-order chi connectivity index (χ1) is 7.04. The quantitative estimate of drug-likeness (QED) is 0.556. The highest BCUT2D eigenvalue weighted by atomic mass is 35.8. The van der Waals surface area contributed by atoms with Crippen LogP contribution in [0.15, 0.2) is 42.5 Å². The van der Waals surface area contributed by atoms with E-state index in [0.717, 1.165) is 5.56 Å². The van der Waals surface area contributed by atoms with Crippen molar-refractivity contribution in [2.75, 3.05) is 0 Å². The Balaban J connectivity index is 2.39. The minimum atomic E-state index is -2.57. The van der Waals surface area contributed by atoms with Crippen LogP contribution in [-0.2, 0) is 6.04 Å². The third-order valence-electron chi connectivity index (χ3n) is 2.22. The topological polar surface area (TPSA) is 0 Å². The lowest BCUT2D eigenvalue weighted by Gasteiger charge is -2.08. The number of fused-ring (bicyclic) bond motifs is 1. The largest absolute Gasteiger partial charge is 0.345 e. The maximum Gasteiger partial charge on any atom is 0.345 e. The molecule has 0 saturated heterocycles. The fraction of sp³-hybridized carbons (Fsp3) is 0.0909. The van der Waals surface area contributed by atoms with Crippen LogP contribution < -0.4 is 0 Å². The Kier molecular flexibility index (Phi) is 3.26. The van der Waals surface area contributed by atoms with Crippen LogP contribution in [0, 0.1) is 0 Å². The van der Waals surface area contributed by atoms with E-state index in [0.29, 0.717) is 6.04 Å². The summed E-state index contributed by atoms with van der Waals surface area (Å²) in [6.07, 6.45) is 0. The molecular formula is C11H9Cl3Si. The van der Waals surface area contributed by atoms with Crippen molar-refractivity contribution in [2.24, 2.45) is 0 Å². The highest BCUT2D eigenvalue weighted by molar-refractivity contribution is 7.64. The van der Waals surface area contributed by atoms with Gasteiger partial charge >= 0.3 is 6.00 Å². The molecule has 0 aliphatic rings. The smallest absolute Gasteiger partial charge is 0.126 e. The van der Waals surface area contributed by atoms with Gasteiger partial charge in [-0.05, 0) is 16.3 Å². The lowest BCUT2D eigenvalue weighted by Crippen LogP contribution is -2.13. The Bertz CT molecular complexity index is 476. The molecule has 0 fully saturated rings. The van der Waals surface area contributed by atoms with Gasteiger partial charge in [0.2, 0.25) is 0 Å². The van der Waals surface area contributed by atoms with Gasteiger partial charge in [0.05, 0.1) is 0 Å². The molecule has 78 valence electrons. The van der Waals surface area contributed by atoms with Gasteiger partial charge in [0.1, 0.15) is 0 Å². The molecule has 15 heavy (non-hydrogen) atoms. The van der Waals surface area contributed by atoms with Gasteiger partial charge in [-0.1, -0.05) is 42.5 Å². The van der Waals surface area contributed by atoms with Crippen molar-refractivity contribution in [2.45, 2.75) is 6.04 Å². The molecule has 0 aliphatic carbocycles. The number of rotatable bonds is 2. The maximum absolute atomic E-state index is 5.89. The van der Waals surface area contributed by atoms with Crippen molar-refractivity contribution in [3.05, 3.63) is 48.0 Å². The first-order valence-electron chi connectivity index (χ1n) is 4.59. The summed E-state index contributed by atoms with van der Waals surface area (Å²) in [4.78, 5) is 0. The summed E-state index contributed by atoms with van der Waals surface area (Å²) in [5.74, 6) is 0. The van der Waals surface area contributed by atoms with E-state index < -0.39 is 6.00 Å². The van der Waals surface area contributed by atoms with Crippen molar-refractivity contribution in [1.82, 2.24) is 0 Å². The van der Waals surface area contributed by atoms with E-state index in [-0.39, 0.29) is 0 Å². The predicted octanol–water partition coefficient (Wildman–Crippen LogP) is 4.58. The highest BCUT2D eigenvalue weighted by Gasteiger charge is 2.25. The number of hydrogen-bond donors (Lipinski definition) is 0. The van der Waals surface area contributed by atoms with Crippen molar-refractivity contribution in [3.8, 4) is 0 Å². The summed E-state index contributed by atoms with van der Waals surface area (Å²) in [5, 5.41) is 2.41. The lowest BCUT2D eigenvalue weighted by atomic mass is 10.1. The molecule has 0 spiro atoms. The molecule has 0 heterocycles. The molecule has 0 unspecified atom stereocenters. The maximum atomic E-state index is 5.89. The minimum absolute atomic E-state index is 0.572. The Morgan fingerprint density at radius 1 is 0.867 bits per heavy atom. The Hall–Kier alpha value is -0.213. The molecule has 0 amide bonds. The highest BCUT2D eigenvalue weighted by Crippen LogP contribution is 2.26. The first kappa shape index (κ1) is 11.3. The van der Waals surface area contributed by atoms with E-state index in [2.05, 4.69) is 24.3 Å². The van der Waals surface area contributed by atoms with Crippen LogP contribution in [0.3, 0.4) is 0 Å². The standard InChI is InChI=1S/C11H9Cl3Si/c12-15(13,14)8-9-5-6-10-3-1-2-4-11(10)7-9/h1-7H,8H2. The van der Waals surface area contributed by atoms with E-state index in [4.69, 9.17) is 33.2 Å². The van der Waals surface area contributed by atoms with Crippen molar-refractivity contribution in [1.29, 1.82) is 0 Å². The van der Waals surface area contributed by atoms with Gasteiger partial charge in [0.15, 0.2) is 0 Å². The molecule has 0 radical (unpaired) electrons. The van der Waals surface area contributed by atoms with Crippen LogP contribution in [0.1, 0.15) is 5.56 Å². The van der Waals surface area contributed by atoms with Crippen LogP contribution in [0.4, 0.5) is 0 Å². The zero-order valence-corrected chi connectivity index (χ0v) is 11.2. The van der Waals surface area contributed by atoms with Crippen molar-refractivity contribution in [3.63, 3.8) is 0 Å². The second-order valence-corrected chi connectivity index (χ2v) is 12.6. The Morgan fingerprint density at radius 2 is 1.53 bits per heavy atom. The third kappa shape index (κ3) is 3.12. The van der Waals surface area contributed by atoms with Crippen LogP contribution in [-0.4, -0.2) is 6.00 Å². The molecule has 2 aromatic rings. The normalized spacial score (nSPS) is 11.9. The van der Waals surface area contributed by atoms with E-state index >= 15 is 0 Å². The summed E-state index contributed by atoms with van der Waals surface area (Å²) in [5.41, 5.74) is 1.10. The van der Waals surface area contributed by atoms with Crippen LogP contribution in [0.5, 0.6) is 0 Å². The van der Waals surface area contributed by atoms with Gasteiger partial charge in [0.25, 0.3) is 0 Å². The van der Waals surface area contributed by atoms with Crippen molar-refractivity contribution >= 4 is 50.0 Å². The molecule has 0 aliphatic heterocycles. The zero-order valence-electron chi connectivity index (χ0n) is 7.88. The average molecular weight is 276 g/mol. The number of halogens is 3. The van der Waals surface area contributed by atoms with Gasteiger partial charge in [0, 0.05) is 6.04 Å². The van der Waals surface area contributed by atoms with Crippen LogP contribution in [0.25, 0.3) is 10.8 Å². The number of benzene rings is 2. The Labute approximate surface area is 104 Å². The van der Waals surface area contributed by atoms with E-state index in [1.54, 1.807) is 0 Å². The van der Waals surface area contributed by atoms with Gasteiger partial charge in [-0.3, -0.25) is 0 Å². The molecule has 0 bridgehead atoms. The minimum Gasteiger partial charge on any atom is -0.126 e. The molecule has 0 aromatic heterocycles. The molecule has 2 aromatic carbocycles. The number of hydrogen-bond acceptors (Lipinski definition) is 0. The zero-order chi connectivity index (χ0) is 10.9. The van der Waals surface area contributed by atoms with Crippen LogP contribution >= 0.6 is 33.2 Å². The molecule has 0 nitrogen and oxygen atoms in total. The fourth-order valence-corrected chi connectivity index (χ4v) is 3.65. The molecular weight excluding hydrogens is 267 g/mol. The summed E-state index contributed by atoms with van der Waals surface area (Å²) in [7, 11) is 0. The molecule has 0 atom stereocenters. The molecule has 4 heteroatoms. The van der Waals surface area contributed by atoms with Crippen LogP contribution in [0.2, 0.25) is 0 Å². The van der Waals surface area contributed by atoms with E-state index in [1.807, 2.05) is 18.2 Å². The molecule has 2 rings (SSSR count). The summed E-state index contributed by atoms with van der Waals surface area (Å²) >= 11 is 17.7. The molecule has 0 N–H and O–H groups in total. The SMILES string of the molecule is Cl[Si](Cl)(Cl)Cc1ccc2ccccc2c1. The van der Waals surface area contributed by atoms with Gasteiger partial charge in [-0.15, -0.1) is 33.2 Å². The van der Waals surface area contributed by atoms with Gasteiger partial charge < -0.3 is 0 Å². The predicted molar refractivity (Wildman–Crippen MR) is 71.0 cm³/mol. The van der Waals surface area contributed by atoms with E-state index in [9.17, 15) is 0 Å².